The van der Waals surface area contributed by atoms with E-state index < -0.39 is 71.3 Å². The molecule has 0 amide bonds. The van der Waals surface area contributed by atoms with Crippen LogP contribution in [0.4, 0.5) is 79.0 Å². The van der Waals surface area contributed by atoms with Gasteiger partial charge in [0.25, 0.3) is 0 Å². The topological polar surface area (TPSA) is 34.3 Å². The molecule has 192 valence electrons. The van der Waals surface area contributed by atoms with Crippen LogP contribution in [-0.4, -0.2) is 48.6 Å². The Hall–Kier alpha value is -2.06. The molecule has 2 aliphatic rings. The van der Waals surface area contributed by atoms with Crippen molar-refractivity contribution >= 4 is 0 Å². The van der Waals surface area contributed by atoms with Crippen molar-refractivity contribution in [1.29, 1.82) is 0 Å². The van der Waals surface area contributed by atoms with Gasteiger partial charge in [0, 0.05) is 0 Å². The Morgan fingerprint density at radius 1 is 0.455 bits per heavy atom. The van der Waals surface area contributed by atoms with Crippen LogP contribution in [0.15, 0.2) is 22.7 Å². The zero-order valence-electron chi connectivity index (χ0n) is 14.0. The van der Waals surface area contributed by atoms with Crippen molar-refractivity contribution in [1.82, 2.24) is 0 Å². The number of ether oxygens (including phenoxy) is 3. The molecule has 2 aliphatic heterocycles. The minimum absolute atomic E-state index is 2.54. The molecular weight excluding hydrogens is 534 g/mol. The highest BCUT2D eigenvalue weighted by molar-refractivity contribution is 5.37. The van der Waals surface area contributed by atoms with Gasteiger partial charge in [-0.3, -0.25) is 9.47 Å². The minimum Gasteiger partial charge on any atom is -0.452 e. The predicted octanol–water partition coefficient (Wildman–Crippen LogP) is 6.34. The van der Waals surface area contributed by atoms with Gasteiger partial charge in [-0.15, -0.1) is 0 Å². The van der Waals surface area contributed by atoms with Crippen molar-refractivity contribution in [3.63, 3.8) is 0 Å². The summed E-state index contributed by atoms with van der Waals surface area (Å²) >= 11 is 0. The van der Waals surface area contributed by atoms with Gasteiger partial charge in [0.1, 0.15) is 0 Å². The molecule has 2 heterocycles. The number of allylic oxidation sites excluding steroid dienone is 2. The lowest BCUT2D eigenvalue weighted by Gasteiger charge is -2.25. The van der Waals surface area contributed by atoms with Crippen molar-refractivity contribution in [2.24, 2.45) is 0 Å². The van der Waals surface area contributed by atoms with Crippen molar-refractivity contribution in [2.45, 2.75) is 48.6 Å². The Balaban J connectivity index is 2.99. The molecule has 0 bridgehead atoms. The Kier molecular flexibility index (Phi) is 5.56. The average molecular weight is 534 g/mol. The van der Waals surface area contributed by atoms with E-state index in [2.05, 4.69) is 14.2 Å². The maximum absolute atomic E-state index is 14.0. The van der Waals surface area contributed by atoms with Crippen molar-refractivity contribution in [3.8, 4) is 0 Å². The second kappa shape index (κ2) is 6.75. The molecule has 0 aromatic carbocycles. The first-order chi connectivity index (χ1) is 14.1. The van der Waals surface area contributed by atoms with E-state index in [1.165, 1.54) is 0 Å². The van der Waals surface area contributed by atoms with Gasteiger partial charge < -0.3 is 4.74 Å². The summed E-state index contributed by atoms with van der Waals surface area (Å²) in [6.07, 6.45) is -40.3. The van der Waals surface area contributed by atoms with Gasteiger partial charge in [-0.05, 0) is 0 Å². The smallest absolute Gasteiger partial charge is 0.426 e. The molecule has 0 saturated carbocycles. The molecule has 0 radical (unpaired) electrons. The third kappa shape index (κ3) is 4.52. The molecule has 33 heavy (non-hydrogen) atoms. The van der Waals surface area contributed by atoms with Crippen LogP contribution in [0.5, 0.6) is 0 Å². The highest BCUT2D eigenvalue weighted by atomic mass is 19.4. The Morgan fingerprint density at radius 2 is 0.636 bits per heavy atom. The lowest BCUT2D eigenvalue weighted by molar-refractivity contribution is -0.183. The quantitative estimate of drug-likeness (QED) is 0.240. The third-order valence-electron chi connectivity index (χ3n) is 3.58. The first-order valence-corrected chi connectivity index (χ1v) is 7.13. The molecule has 0 aromatic rings. The SMILES string of the molecule is FC(F)(F)C(=C(OC(=C(C(F)(F)F)C(F)(F)F)C1(F)OC1(F)F)C1(F)OC1(F)F)C(F)(F)F. The molecule has 0 N–H and O–H groups in total. The predicted molar refractivity (Wildman–Crippen MR) is 59.1 cm³/mol. The van der Waals surface area contributed by atoms with Gasteiger partial charge in [-0.1, -0.05) is 0 Å². The van der Waals surface area contributed by atoms with Crippen LogP contribution >= 0.6 is 0 Å². The van der Waals surface area contributed by atoms with Gasteiger partial charge in [-0.25, -0.2) is 0 Å². The van der Waals surface area contributed by atoms with Gasteiger partial charge in [-0.2, -0.15) is 79.0 Å². The van der Waals surface area contributed by atoms with E-state index in [1.54, 1.807) is 0 Å². The van der Waals surface area contributed by atoms with E-state index in [0.29, 0.717) is 0 Å². The first-order valence-electron chi connectivity index (χ1n) is 7.13. The monoisotopic (exact) mass is 534 g/mol. The van der Waals surface area contributed by atoms with Crippen LogP contribution in [0.3, 0.4) is 0 Å². The first kappa shape index (κ1) is 27.2. The van der Waals surface area contributed by atoms with Crippen LogP contribution in [0, 0.1) is 0 Å². The van der Waals surface area contributed by atoms with E-state index in [9.17, 15) is 79.0 Å². The lowest BCUT2D eigenvalue weighted by atomic mass is 10.1. The molecule has 2 atom stereocenters. The number of rotatable bonds is 4. The Morgan fingerprint density at radius 3 is 0.758 bits per heavy atom. The molecule has 2 unspecified atom stereocenters. The summed E-state index contributed by atoms with van der Waals surface area (Å²) in [6.45, 7) is 0. The van der Waals surface area contributed by atoms with Crippen LogP contribution in [0.25, 0.3) is 0 Å². The van der Waals surface area contributed by atoms with E-state index in [1.807, 2.05) is 0 Å². The zero-order chi connectivity index (χ0) is 26.4. The number of epoxide rings is 2. The van der Waals surface area contributed by atoms with E-state index in [0.717, 1.165) is 0 Å². The molecule has 3 nitrogen and oxygen atoms in total. The standard InChI is InChI=1S/C12F18O3/c13-5(11(27,28)32-5)3(1(7(15,16)17)8(18,19)20)31-4(6(14)12(29,30)33-6)2(9(21,22)23)10(24,25)26. The van der Waals surface area contributed by atoms with Crippen LogP contribution in [0.2, 0.25) is 0 Å². The van der Waals surface area contributed by atoms with Crippen LogP contribution in [-0.2, 0) is 14.2 Å². The summed E-state index contributed by atoms with van der Waals surface area (Å²) in [5, 5.41) is 0. The number of hydrogen-bond donors (Lipinski definition) is 0. The summed E-state index contributed by atoms with van der Waals surface area (Å²) in [7, 11) is 0. The average Bonchev–Trinajstić information content (AvgIpc) is 3.19. The van der Waals surface area contributed by atoms with Crippen molar-refractivity contribution in [3.05, 3.63) is 22.7 Å². The fraction of sp³-hybridized carbons (Fsp3) is 0.667. The summed E-state index contributed by atoms with van der Waals surface area (Å²) in [6, 6.07) is 0. The summed E-state index contributed by atoms with van der Waals surface area (Å²) in [5.74, 6) is -20.4. The normalized spacial score (nSPS) is 28.8. The molecule has 2 rings (SSSR count). The van der Waals surface area contributed by atoms with Gasteiger partial charge in [0.05, 0.1) is 0 Å². The molecule has 0 aromatic heterocycles. The van der Waals surface area contributed by atoms with Crippen LogP contribution < -0.4 is 0 Å². The van der Waals surface area contributed by atoms with Gasteiger partial charge >= 0.3 is 48.6 Å². The maximum atomic E-state index is 14.0. The minimum atomic E-state index is -7.16. The highest BCUT2D eigenvalue weighted by Crippen LogP contribution is 2.64. The second-order valence-corrected chi connectivity index (χ2v) is 5.93. The molecule has 2 saturated heterocycles. The second-order valence-electron chi connectivity index (χ2n) is 5.93. The maximum Gasteiger partial charge on any atom is 0.426 e. The summed E-state index contributed by atoms with van der Waals surface area (Å²) in [5.41, 5.74) is -9.41. The van der Waals surface area contributed by atoms with E-state index in [4.69, 9.17) is 0 Å². The fourth-order valence-electron chi connectivity index (χ4n) is 2.15. The fourth-order valence-corrected chi connectivity index (χ4v) is 2.15. The number of alkyl halides is 18. The third-order valence-corrected chi connectivity index (χ3v) is 3.58. The van der Waals surface area contributed by atoms with Gasteiger partial charge in [0.2, 0.25) is 0 Å². The Labute approximate surface area is 166 Å². The van der Waals surface area contributed by atoms with Crippen molar-refractivity contribution < 1.29 is 93.2 Å². The number of halogens is 18. The highest BCUT2D eigenvalue weighted by Gasteiger charge is 2.86. The zero-order valence-corrected chi connectivity index (χ0v) is 14.0. The van der Waals surface area contributed by atoms with E-state index in [-0.39, 0.29) is 0 Å². The molecule has 2 fully saturated rings. The van der Waals surface area contributed by atoms with Gasteiger partial charge in [0.15, 0.2) is 22.7 Å². The Bertz CT molecular complexity index is 781. The molecule has 21 heteroatoms. The molecular formula is C12F18O3. The van der Waals surface area contributed by atoms with Crippen molar-refractivity contribution in [2.75, 3.05) is 0 Å². The molecule has 0 aliphatic carbocycles. The van der Waals surface area contributed by atoms with Crippen LogP contribution in [0.1, 0.15) is 0 Å². The largest absolute Gasteiger partial charge is 0.452 e. The lowest BCUT2D eigenvalue weighted by Crippen LogP contribution is -2.37. The summed E-state index contributed by atoms with van der Waals surface area (Å²) in [4.78, 5) is 0. The van der Waals surface area contributed by atoms with E-state index >= 15 is 0 Å². The summed E-state index contributed by atoms with van der Waals surface area (Å²) < 4.78 is 241. The molecule has 0 spiro atoms. The number of hydrogen-bond acceptors (Lipinski definition) is 3.